The van der Waals surface area contributed by atoms with Crippen LogP contribution >= 0.6 is 0 Å². The lowest BCUT2D eigenvalue weighted by molar-refractivity contribution is -0.150. The van der Waals surface area contributed by atoms with Gasteiger partial charge in [0.2, 0.25) is 11.8 Å². The minimum atomic E-state index is -0.607. The van der Waals surface area contributed by atoms with Crippen molar-refractivity contribution in [3.05, 3.63) is 114 Å². The summed E-state index contributed by atoms with van der Waals surface area (Å²) in [5.41, 5.74) is 3.10. The summed E-state index contributed by atoms with van der Waals surface area (Å²) in [6, 6.07) is 26.5. The number of hydrogen-bond donors (Lipinski definition) is 3. The van der Waals surface area contributed by atoms with Gasteiger partial charge in [0, 0.05) is 6.42 Å². The molecule has 0 radical (unpaired) electrons. The van der Waals surface area contributed by atoms with Gasteiger partial charge in [-0.25, -0.2) is 0 Å². The molecule has 250 valence electrons. The highest BCUT2D eigenvalue weighted by atomic mass is 16.5. The van der Waals surface area contributed by atoms with Crippen molar-refractivity contribution >= 4 is 17.8 Å². The van der Waals surface area contributed by atoms with E-state index in [1.54, 1.807) is 0 Å². The minimum Gasteiger partial charge on any atom is -0.489 e. The molecule has 0 fully saturated rings. The molecule has 0 aliphatic carbocycles. The largest absolute Gasteiger partial charge is 0.489 e. The van der Waals surface area contributed by atoms with Gasteiger partial charge in [0.15, 0.2) is 0 Å². The lowest BCUT2D eigenvalue weighted by Crippen LogP contribution is -2.46. The van der Waals surface area contributed by atoms with Gasteiger partial charge in [0.1, 0.15) is 19.0 Å². The quantitative estimate of drug-likeness (QED) is 0.176. The predicted molar refractivity (Wildman–Crippen MR) is 182 cm³/mol. The normalized spacial score (nSPS) is 19.8. The Labute approximate surface area is 278 Å². The molecule has 0 spiro atoms. The number of cyclic esters (lactones) is 1. The molecule has 4 rings (SSSR count). The molecule has 8 nitrogen and oxygen atoms in total. The highest BCUT2D eigenvalue weighted by Crippen LogP contribution is 2.20. The maximum atomic E-state index is 13.4. The van der Waals surface area contributed by atoms with Crippen LogP contribution in [-0.4, -0.2) is 48.2 Å². The van der Waals surface area contributed by atoms with Crippen LogP contribution < -0.4 is 15.4 Å². The van der Waals surface area contributed by atoms with Gasteiger partial charge in [-0.05, 0) is 66.8 Å². The molecule has 1 aliphatic heterocycles. The van der Waals surface area contributed by atoms with E-state index in [1.165, 1.54) is 0 Å². The van der Waals surface area contributed by atoms with E-state index in [4.69, 9.17) is 9.47 Å². The first-order valence-electron chi connectivity index (χ1n) is 16.6. The third kappa shape index (κ3) is 12.0. The summed E-state index contributed by atoms with van der Waals surface area (Å²) in [4.78, 5) is 39.7. The van der Waals surface area contributed by atoms with Gasteiger partial charge in [0.05, 0.1) is 30.5 Å². The molecular formula is C39H48N2O6. The second-order valence-corrected chi connectivity index (χ2v) is 12.6. The number of hydrogen-bond acceptors (Lipinski definition) is 6. The van der Waals surface area contributed by atoms with Crippen molar-refractivity contribution in [1.29, 1.82) is 0 Å². The van der Waals surface area contributed by atoms with Crippen molar-refractivity contribution < 1.29 is 29.0 Å². The number of aliphatic hydroxyl groups is 1. The fraction of sp³-hybridized carbons (Fsp3) is 0.410. The van der Waals surface area contributed by atoms with Crippen molar-refractivity contribution in [1.82, 2.24) is 10.6 Å². The average molecular weight is 641 g/mol. The fourth-order valence-electron chi connectivity index (χ4n) is 5.57. The number of nitrogens with one attached hydrogen (secondary N) is 2. The molecular weight excluding hydrogens is 592 g/mol. The van der Waals surface area contributed by atoms with Crippen LogP contribution in [0.15, 0.2) is 97.1 Å². The van der Waals surface area contributed by atoms with Crippen molar-refractivity contribution in [2.45, 2.75) is 71.1 Å². The van der Waals surface area contributed by atoms with Crippen LogP contribution in [-0.2, 0) is 38.6 Å². The van der Waals surface area contributed by atoms with Gasteiger partial charge < -0.3 is 25.2 Å². The number of aliphatic hydroxyl groups excluding tert-OH is 1. The van der Waals surface area contributed by atoms with Crippen LogP contribution in [0.3, 0.4) is 0 Å². The number of esters is 1. The topological polar surface area (TPSA) is 114 Å². The zero-order chi connectivity index (χ0) is 33.4. The van der Waals surface area contributed by atoms with E-state index < -0.39 is 12.0 Å². The monoisotopic (exact) mass is 640 g/mol. The molecule has 3 aromatic rings. The molecule has 1 heterocycles. The number of benzene rings is 3. The van der Waals surface area contributed by atoms with E-state index in [1.807, 2.05) is 111 Å². The Morgan fingerprint density at radius 2 is 1.60 bits per heavy atom. The van der Waals surface area contributed by atoms with Gasteiger partial charge >= 0.3 is 5.97 Å². The van der Waals surface area contributed by atoms with Crippen LogP contribution in [0.1, 0.15) is 56.2 Å². The van der Waals surface area contributed by atoms with Gasteiger partial charge in [0.25, 0.3) is 0 Å². The van der Waals surface area contributed by atoms with Crippen LogP contribution in [0.5, 0.6) is 5.75 Å². The van der Waals surface area contributed by atoms with Crippen molar-refractivity contribution in [2.75, 3.05) is 13.2 Å². The summed E-state index contributed by atoms with van der Waals surface area (Å²) >= 11 is 0. The SMILES string of the molecule is CC(C)C1COC(=O)C(Cc2ccccc2)CCC=CCC(CC(=O)NC(CO)Cc2ccc(OCc3ccccc3)cc2)C(=O)N1. The number of carbonyl (C=O) groups is 3. The Morgan fingerprint density at radius 3 is 2.26 bits per heavy atom. The van der Waals surface area contributed by atoms with Gasteiger partial charge in [-0.3, -0.25) is 14.4 Å². The van der Waals surface area contributed by atoms with Crippen molar-refractivity contribution in [3.63, 3.8) is 0 Å². The number of carbonyl (C=O) groups excluding carboxylic acids is 3. The van der Waals surface area contributed by atoms with E-state index in [0.29, 0.717) is 38.7 Å². The molecule has 4 atom stereocenters. The van der Waals surface area contributed by atoms with Crippen LogP contribution in [0.4, 0.5) is 0 Å². The summed E-state index contributed by atoms with van der Waals surface area (Å²) in [5, 5.41) is 16.0. The second-order valence-electron chi connectivity index (χ2n) is 12.6. The van der Waals surface area contributed by atoms with Crippen molar-refractivity contribution in [3.8, 4) is 5.75 Å². The Bertz CT molecular complexity index is 1420. The molecule has 0 aromatic heterocycles. The zero-order valence-electron chi connectivity index (χ0n) is 27.5. The van der Waals surface area contributed by atoms with Crippen molar-refractivity contribution in [2.24, 2.45) is 17.8 Å². The maximum absolute atomic E-state index is 13.4. The third-order valence-corrected chi connectivity index (χ3v) is 8.51. The number of ether oxygens (including phenoxy) is 2. The molecule has 2 amide bonds. The Kier molecular flexibility index (Phi) is 14.1. The summed E-state index contributed by atoms with van der Waals surface area (Å²) < 4.78 is 11.6. The third-order valence-electron chi connectivity index (χ3n) is 8.51. The van der Waals surface area contributed by atoms with E-state index in [9.17, 15) is 19.5 Å². The fourth-order valence-corrected chi connectivity index (χ4v) is 5.57. The first-order chi connectivity index (χ1) is 22.8. The molecule has 3 aromatic carbocycles. The van der Waals surface area contributed by atoms with Crippen LogP contribution in [0, 0.1) is 17.8 Å². The molecule has 1 aliphatic rings. The van der Waals surface area contributed by atoms with Crippen LogP contribution in [0.25, 0.3) is 0 Å². The minimum absolute atomic E-state index is 0.0170. The summed E-state index contributed by atoms with van der Waals surface area (Å²) in [6.45, 7) is 4.24. The Balaban J connectivity index is 1.34. The zero-order valence-corrected chi connectivity index (χ0v) is 27.5. The maximum Gasteiger partial charge on any atom is 0.309 e. The average Bonchev–Trinajstić information content (AvgIpc) is 3.09. The number of amides is 2. The van der Waals surface area contributed by atoms with E-state index in [-0.39, 0.29) is 55.3 Å². The van der Waals surface area contributed by atoms with E-state index in [0.717, 1.165) is 22.4 Å². The molecule has 0 bridgehead atoms. The highest BCUT2D eigenvalue weighted by molar-refractivity contribution is 5.86. The smallest absolute Gasteiger partial charge is 0.309 e. The molecule has 8 heteroatoms. The first kappa shape index (κ1) is 35.4. The van der Waals surface area contributed by atoms with Crippen LogP contribution in [0.2, 0.25) is 0 Å². The number of allylic oxidation sites excluding steroid dienone is 2. The molecule has 47 heavy (non-hydrogen) atoms. The van der Waals surface area contributed by atoms with E-state index in [2.05, 4.69) is 10.6 Å². The first-order valence-corrected chi connectivity index (χ1v) is 16.6. The van der Waals surface area contributed by atoms with Gasteiger partial charge in [-0.1, -0.05) is 98.8 Å². The summed E-state index contributed by atoms with van der Waals surface area (Å²) in [7, 11) is 0. The second kappa shape index (κ2) is 18.6. The Morgan fingerprint density at radius 1 is 0.915 bits per heavy atom. The summed E-state index contributed by atoms with van der Waals surface area (Å²) in [6.07, 6.45) is 6.57. The number of rotatable bonds is 12. The Hall–Kier alpha value is -4.43. The molecule has 3 N–H and O–H groups in total. The molecule has 0 saturated heterocycles. The van der Waals surface area contributed by atoms with Gasteiger partial charge in [-0.2, -0.15) is 0 Å². The lowest BCUT2D eigenvalue weighted by atomic mass is 9.94. The van der Waals surface area contributed by atoms with Gasteiger partial charge in [-0.15, -0.1) is 0 Å². The predicted octanol–water partition coefficient (Wildman–Crippen LogP) is 5.57. The summed E-state index contributed by atoms with van der Waals surface area (Å²) in [5.74, 6) is -0.969. The molecule has 4 unspecified atom stereocenters. The van der Waals surface area contributed by atoms with E-state index >= 15 is 0 Å². The lowest BCUT2D eigenvalue weighted by Gasteiger charge is -2.26. The highest BCUT2D eigenvalue weighted by Gasteiger charge is 2.28. The molecule has 0 saturated carbocycles. The standard InChI is InChI=1S/C39H48N2O6/c1-28(2)36-27-47-39(45)33(22-29-12-6-3-7-13-29)17-11-5-10-16-32(38(44)41-36)24-37(43)40-34(25-42)23-30-18-20-35(21-19-30)46-26-31-14-8-4-9-15-31/h3-10,12-15,18-21,28,32-34,36,42H,11,16-17,22-27H2,1-2H3,(H,40,43)(H,41,44).